The van der Waals surface area contributed by atoms with Crippen molar-refractivity contribution < 1.29 is 32.2 Å². The van der Waals surface area contributed by atoms with E-state index >= 15 is 0 Å². The minimum Gasteiger partial charge on any atom is -0.497 e. The van der Waals surface area contributed by atoms with Gasteiger partial charge < -0.3 is 25.0 Å². The van der Waals surface area contributed by atoms with E-state index in [4.69, 9.17) is 4.74 Å². The molecule has 154 valence electrons. The number of benzene rings is 2. The van der Waals surface area contributed by atoms with E-state index in [0.29, 0.717) is 18.0 Å². The van der Waals surface area contributed by atoms with Crippen molar-refractivity contribution >= 4 is 23.3 Å². The largest absolute Gasteiger partial charge is 0.573 e. The van der Waals surface area contributed by atoms with Crippen LogP contribution in [0.2, 0.25) is 0 Å². The number of anilines is 2. The lowest BCUT2D eigenvalue weighted by atomic mass is 10.2. The van der Waals surface area contributed by atoms with Gasteiger partial charge >= 0.3 is 12.4 Å². The Labute approximate surface area is 164 Å². The Bertz CT molecular complexity index is 870. The van der Waals surface area contributed by atoms with Crippen molar-refractivity contribution in [1.82, 2.24) is 5.32 Å². The van der Waals surface area contributed by atoms with Crippen LogP contribution in [-0.2, 0) is 4.79 Å². The molecule has 1 saturated heterocycles. The number of urea groups is 1. The zero-order chi connectivity index (χ0) is 21.0. The fraction of sp³-hybridized carbons (Fsp3) is 0.263. The van der Waals surface area contributed by atoms with Crippen molar-refractivity contribution in [3.8, 4) is 11.5 Å². The number of carbonyl (C=O) groups excluding carboxylic acids is 2. The lowest BCUT2D eigenvalue weighted by Gasteiger charge is -2.18. The number of carbonyl (C=O) groups is 2. The first-order chi connectivity index (χ1) is 13.7. The third-order valence-electron chi connectivity index (χ3n) is 4.19. The van der Waals surface area contributed by atoms with Gasteiger partial charge in [-0.15, -0.1) is 13.2 Å². The zero-order valence-electron chi connectivity index (χ0n) is 15.3. The van der Waals surface area contributed by atoms with Gasteiger partial charge in [0.2, 0.25) is 5.91 Å². The first-order valence-corrected chi connectivity index (χ1v) is 8.61. The summed E-state index contributed by atoms with van der Waals surface area (Å²) in [5.41, 5.74) is 0.981. The van der Waals surface area contributed by atoms with Crippen LogP contribution < -0.4 is 25.0 Å². The lowest BCUT2D eigenvalue weighted by molar-refractivity contribution is -0.274. The molecule has 2 aromatic rings. The van der Waals surface area contributed by atoms with Gasteiger partial charge in [-0.25, -0.2) is 4.79 Å². The standard InChI is InChI=1S/C19H18F3N3O4/c1-28-15-8-4-14(5-9-15)25-11-13(10-17(25)26)24-18(27)23-12-2-6-16(7-3-12)29-19(20,21)22/h2-9,13H,10-11H2,1H3,(H2,23,24,27)/t13-/m0/s1. The number of halogens is 3. The normalized spacial score (nSPS) is 16.5. The Morgan fingerprint density at radius 2 is 1.69 bits per heavy atom. The van der Waals surface area contributed by atoms with Crippen molar-refractivity contribution in [2.75, 3.05) is 23.9 Å². The Hall–Kier alpha value is -3.43. The molecule has 10 heteroatoms. The average molecular weight is 409 g/mol. The van der Waals surface area contributed by atoms with Crippen LogP contribution in [0.25, 0.3) is 0 Å². The van der Waals surface area contributed by atoms with Crippen LogP contribution in [0.5, 0.6) is 11.5 Å². The van der Waals surface area contributed by atoms with E-state index < -0.39 is 18.4 Å². The van der Waals surface area contributed by atoms with Gasteiger partial charge in [-0.05, 0) is 48.5 Å². The van der Waals surface area contributed by atoms with Crippen LogP contribution >= 0.6 is 0 Å². The maximum Gasteiger partial charge on any atom is 0.573 e. The van der Waals surface area contributed by atoms with Crippen molar-refractivity contribution in [3.05, 3.63) is 48.5 Å². The van der Waals surface area contributed by atoms with Gasteiger partial charge in [-0.3, -0.25) is 4.79 Å². The number of amides is 3. The minimum atomic E-state index is -4.78. The third-order valence-corrected chi connectivity index (χ3v) is 4.19. The molecule has 0 bridgehead atoms. The summed E-state index contributed by atoms with van der Waals surface area (Å²) in [7, 11) is 1.55. The van der Waals surface area contributed by atoms with Crippen LogP contribution in [0.3, 0.4) is 0 Å². The summed E-state index contributed by atoms with van der Waals surface area (Å²) in [5.74, 6) is 0.148. The quantitative estimate of drug-likeness (QED) is 0.792. The van der Waals surface area contributed by atoms with Crippen molar-refractivity contribution in [2.45, 2.75) is 18.8 Å². The second-order valence-corrected chi connectivity index (χ2v) is 6.27. The number of nitrogens with zero attached hydrogens (tertiary/aromatic N) is 1. The molecule has 2 N–H and O–H groups in total. The molecule has 0 radical (unpaired) electrons. The zero-order valence-corrected chi connectivity index (χ0v) is 15.3. The smallest absolute Gasteiger partial charge is 0.497 e. The molecule has 1 heterocycles. The molecule has 0 spiro atoms. The Morgan fingerprint density at radius 3 is 2.28 bits per heavy atom. The number of nitrogens with one attached hydrogen (secondary N) is 2. The number of hydrogen-bond acceptors (Lipinski definition) is 4. The van der Waals surface area contributed by atoms with Gasteiger partial charge in [0.25, 0.3) is 0 Å². The Balaban J connectivity index is 1.53. The summed E-state index contributed by atoms with van der Waals surface area (Å²) < 4.78 is 45.3. The second kappa shape index (κ2) is 8.29. The van der Waals surface area contributed by atoms with E-state index in [1.54, 1.807) is 36.3 Å². The first-order valence-electron chi connectivity index (χ1n) is 8.61. The molecule has 2 aromatic carbocycles. The van der Waals surface area contributed by atoms with Gasteiger partial charge in [0.15, 0.2) is 0 Å². The van der Waals surface area contributed by atoms with Gasteiger partial charge in [-0.2, -0.15) is 0 Å². The predicted octanol–water partition coefficient (Wildman–Crippen LogP) is 3.52. The monoisotopic (exact) mass is 409 g/mol. The van der Waals surface area contributed by atoms with E-state index in [1.807, 2.05) is 0 Å². The molecule has 1 atom stereocenters. The molecule has 0 aromatic heterocycles. The summed E-state index contributed by atoms with van der Waals surface area (Å²) in [6, 6.07) is 10.8. The number of rotatable bonds is 5. The van der Waals surface area contributed by atoms with E-state index in [0.717, 1.165) is 12.1 Å². The fourth-order valence-corrected chi connectivity index (χ4v) is 2.91. The number of ether oxygens (including phenoxy) is 2. The maximum absolute atomic E-state index is 12.2. The molecule has 0 saturated carbocycles. The lowest BCUT2D eigenvalue weighted by Crippen LogP contribution is -2.39. The highest BCUT2D eigenvalue weighted by atomic mass is 19.4. The minimum absolute atomic E-state index is 0.130. The highest BCUT2D eigenvalue weighted by molar-refractivity contribution is 5.97. The van der Waals surface area contributed by atoms with Crippen LogP contribution in [0.4, 0.5) is 29.3 Å². The Kier molecular flexibility index (Phi) is 5.81. The summed E-state index contributed by atoms with van der Waals surface area (Å²) in [6.07, 6.45) is -4.64. The molecule has 1 aliphatic heterocycles. The number of methoxy groups -OCH3 is 1. The molecule has 0 aliphatic carbocycles. The maximum atomic E-state index is 12.2. The van der Waals surface area contributed by atoms with Gasteiger partial charge in [0.1, 0.15) is 11.5 Å². The van der Waals surface area contributed by atoms with Crippen molar-refractivity contribution in [3.63, 3.8) is 0 Å². The topological polar surface area (TPSA) is 79.9 Å². The average Bonchev–Trinajstić information content (AvgIpc) is 3.02. The summed E-state index contributed by atoms with van der Waals surface area (Å²) in [5, 5.41) is 5.19. The molecule has 1 aliphatic rings. The van der Waals surface area contributed by atoms with E-state index in [-0.39, 0.29) is 23.8 Å². The Morgan fingerprint density at radius 1 is 1.07 bits per heavy atom. The summed E-state index contributed by atoms with van der Waals surface area (Å²) >= 11 is 0. The van der Waals surface area contributed by atoms with E-state index in [2.05, 4.69) is 15.4 Å². The first kappa shape index (κ1) is 20.3. The SMILES string of the molecule is COc1ccc(N2C[C@@H](NC(=O)Nc3ccc(OC(F)(F)F)cc3)CC2=O)cc1. The fourth-order valence-electron chi connectivity index (χ4n) is 2.91. The van der Waals surface area contributed by atoms with Gasteiger partial charge in [0.05, 0.1) is 13.2 Å². The molecule has 29 heavy (non-hydrogen) atoms. The predicted molar refractivity (Wildman–Crippen MR) is 99.0 cm³/mol. The summed E-state index contributed by atoms with van der Waals surface area (Å²) in [6.45, 7) is 0.303. The molecule has 3 amide bonds. The molecule has 0 unspecified atom stereocenters. The molecule has 3 rings (SSSR count). The third kappa shape index (κ3) is 5.53. The van der Waals surface area contributed by atoms with Crippen LogP contribution in [0, 0.1) is 0 Å². The molecular formula is C19H18F3N3O4. The van der Waals surface area contributed by atoms with Gasteiger partial charge in [-0.1, -0.05) is 0 Å². The second-order valence-electron chi connectivity index (χ2n) is 6.27. The number of hydrogen-bond donors (Lipinski definition) is 2. The van der Waals surface area contributed by atoms with Crippen molar-refractivity contribution in [1.29, 1.82) is 0 Å². The van der Waals surface area contributed by atoms with E-state index in [9.17, 15) is 22.8 Å². The van der Waals surface area contributed by atoms with Gasteiger partial charge in [0, 0.05) is 24.3 Å². The summed E-state index contributed by atoms with van der Waals surface area (Å²) in [4.78, 5) is 25.9. The molecule has 7 nitrogen and oxygen atoms in total. The molecule has 1 fully saturated rings. The van der Waals surface area contributed by atoms with E-state index in [1.165, 1.54) is 12.1 Å². The highest BCUT2D eigenvalue weighted by Crippen LogP contribution is 2.25. The van der Waals surface area contributed by atoms with Crippen LogP contribution in [-0.4, -0.2) is 38.0 Å². The van der Waals surface area contributed by atoms with Crippen molar-refractivity contribution in [2.24, 2.45) is 0 Å². The number of alkyl halides is 3. The molecular weight excluding hydrogens is 391 g/mol. The van der Waals surface area contributed by atoms with Crippen LogP contribution in [0.15, 0.2) is 48.5 Å². The van der Waals surface area contributed by atoms with Crippen LogP contribution in [0.1, 0.15) is 6.42 Å². The highest BCUT2D eigenvalue weighted by Gasteiger charge is 2.32.